The van der Waals surface area contributed by atoms with E-state index in [0.717, 1.165) is 11.3 Å². The number of anilines is 2. The van der Waals surface area contributed by atoms with Crippen molar-refractivity contribution >= 4 is 27.3 Å². The second-order valence-corrected chi connectivity index (χ2v) is 4.90. The number of aromatic nitrogens is 1. The molecule has 3 nitrogen and oxygen atoms in total. The molecule has 2 aromatic rings. The first-order chi connectivity index (χ1) is 8.58. The molecule has 0 radical (unpaired) electrons. The van der Waals surface area contributed by atoms with Crippen LogP contribution in [0.15, 0.2) is 41.1 Å². The summed E-state index contributed by atoms with van der Waals surface area (Å²) >= 11 is 3.16. The number of nitrogen functional groups attached to an aromatic ring is 1. The molecular formula is C13H13BrFN3. The molecule has 1 aromatic carbocycles. The second-order valence-electron chi connectivity index (χ2n) is 4.04. The number of halogens is 2. The number of rotatable bonds is 3. The summed E-state index contributed by atoms with van der Waals surface area (Å²) in [7, 11) is 1.91. The van der Waals surface area contributed by atoms with E-state index >= 15 is 0 Å². The quantitative estimate of drug-likeness (QED) is 0.885. The van der Waals surface area contributed by atoms with Gasteiger partial charge in [-0.3, -0.25) is 4.98 Å². The van der Waals surface area contributed by atoms with Crippen LogP contribution in [0.3, 0.4) is 0 Å². The molecule has 5 heteroatoms. The minimum Gasteiger partial charge on any atom is -0.397 e. The van der Waals surface area contributed by atoms with E-state index in [2.05, 4.69) is 20.9 Å². The molecule has 0 atom stereocenters. The monoisotopic (exact) mass is 309 g/mol. The lowest BCUT2D eigenvalue weighted by Crippen LogP contribution is -2.18. The fourth-order valence-corrected chi connectivity index (χ4v) is 2.06. The third-order valence-electron chi connectivity index (χ3n) is 2.62. The van der Waals surface area contributed by atoms with Crippen LogP contribution in [-0.4, -0.2) is 12.0 Å². The van der Waals surface area contributed by atoms with Gasteiger partial charge >= 0.3 is 0 Å². The maximum Gasteiger partial charge on any atom is 0.139 e. The molecule has 18 heavy (non-hydrogen) atoms. The van der Waals surface area contributed by atoms with Crippen molar-refractivity contribution in [3.63, 3.8) is 0 Å². The van der Waals surface area contributed by atoms with Gasteiger partial charge in [0.05, 0.1) is 15.8 Å². The Labute approximate surface area is 114 Å². The predicted octanol–water partition coefficient (Wildman–Crippen LogP) is 3.20. The van der Waals surface area contributed by atoms with E-state index < -0.39 is 0 Å². The van der Waals surface area contributed by atoms with E-state index in [0.29, 0.717) is 16.7 Å². The average molecular weight is 310 g/mol. The van der Waals surface area contributed by atoms with Crippen molar-refractivity contribution in [3.8, 4) is 0 Å². The highest BCUT2D eigenvalue weighted by atomic mass is 79.9. The Balaban J connectivity index is 2.24. The van der Waals surface area contributed by atoms with Crippen molar-refractivity contribution in [2.75, 3.05) is 17.7 Å². The second kappa shape index (κ2) is 5.35. The Kier molecular flexibility index (Phi) is 3.81. The maximum absolute atomic E-state index is 13.3. The minimum atomic E-state index is -0.356. The normalized spacial score (nSPS) is 10.4. The molecule has 0 amide bonds. The lowest BCUT2D eigenvalue weighted by molar-refractivity contribution is 0.621. The molecule has 0 saturated heterocycles. The zero-order chi connectivity index (χ0) is 13.1. The molecule has 0 unspecified atom stereocenters. The molecule has 1 aromatic heterocycles. The van der Waals surface area contributed by atoms with Gasteiger partial charge in [-0.2, -0.15) is 0 Å². The van der Waals surface area contributed by atoms with E-state index in [1.54, 1.807) is 18.5 Å². The summed E-state index contributed by atoms with van der Waals surface area (Å²) in [5.74, 6) is -0.356. The van der Waals surface area contributed by atoms with Crippen LogP contribution in [0.2, 0.25) is 0 Å². The molecule has 2 rings (SSSR count). The third kappa shape index (κ3) is 2.79. The lowest BCUT2D eigenvalue weighted by atomic mass is 10.2. The van der Waals surface area contributed by atoms with Crippen LogP contribution in [0.4, 0.5) is 15.8 Å². The highest BCUT2D eigenvalue weighted by Gasteiger charge is 2.10. The molecule has 0 aliphatic heterocycles. The van der Waals surface area contributed by atoms with Crippen molar-refractivity contribution in [2.45, 2.75) is 6.54 Å². The third-order valence-corrected chi connectivity index (χ3v) is 3.23. The van der Waals surface area contributed by atoms with Crippen LogP contribution in [0.1, 0.15) is 5.56 Å². The van der Waals surface area contributed by atoms with Gasteiger partial charge in [0.25, 0.3) is 0 Å². The van der Waals surface area contributed by atoms with Crippen molar-refractivity contribution < 1.29 is 4.39 Å². The summed E-state index contributed by atoms with van der Waals surface area (Å²) in [6.07, 6.45) is 3.53. The molecule has 0 aliphatic carbocycles. The average Bonchev–Trinajstić information content (AvgIpc) is 2.35. The molecule has 0 fully saturated rings. The number of benzene rings is 1. The summed E-state index contributed by atoms with van der Waals surface area (Å²) in [6, 6.07) is 6.87. The highest BCUT2D eigenvalue weighted by Crippen LogP contribution is 2.29. The highest BCUT2D eigenvalue weighted by molar-refractivity contribution is 9.10. The summed E-state index contributed by atoms with van der Waals surface area (Å²) in [4.78, 5) is 6.01. The molecule has 1 heterocycles. The van der Waals surface area contributed by atoms with Gasteiger partial charge in [-0.05, 0) is 33.6 Å². The zero-order valence-electron chi connectivity index (χ0n) is 9.90. The Morgan fingerprint density at radius 2 is 2.22 bits per heavy atom. The molecule has 0 spiro atoms. The van der Waals surface area contributed by atoms with E-state index in [1.165, 1.54) is 6.07 Å². The fraction of sp³-hybridized carbons (Fsp3) is 0.154. The lowest BCUT2D eigenvalue weighted by Gasteiger charge is -2.21. The smallest absolute Gasteiger partial charge is 0.139 e. The van der Waals surface area contributed by atoms with Gasteiger partial charge in [0, 0.05) is 32.1 Å². The topological polar surface area (TPSA) is 42.2 Å². The first kappa shape index (κ1) is 12.8. The molecule has 2 N–H and O–H groups in total. The van der Waals surface area contributed by atoms with Gasteiger partial charge in [0.1, 0.15) is 5.82 Å². The van der Waals surface area contributed by atoms with Crippen LogP contribution < -0.4 is 10.6 Å². The number of hydrogen-bond acceptors (Lipinski definition) is 3. The van der Waals surface area contributed by atoms with Gasteiger partial charge in [-0.1, -0.05) is 6.07 Å². The van der Waals surface area contributed by atoms with Crippen LogP contribution in [0, 0.1) is 5.82 Å². The molecule has 0 bridgehead atoms. The van der Waals surface area contributed by atoms with Gasteiger partial charge in [0.2, 0.25) is 0 Å². The molecule has 94 valence electrons. The Morgan fingerprint density at radius 3 is 2.89 bits per heavy atom. The minimum absolute atomic E-state index is 0.356. The van der Waals surface area contributed by atoms with Gasteiger partial charge in [-0.15, -0.1) is 0 Å². The van der Waals surface area contributed by atoms with Gasteiger partial charge < -0.3 is 10.6 Å². The summed E-state index contributed by atoms with van der Waals surface area (Å²) < 4.78 is 13.7. The Bertz CT molecular complexity index is 545. The standard InChI is InChI=1S/C13H13BrFN3/c1-18(8-9-3-2-4-17-7-9)13-5-10(14)11(15)6-12(13)16/h2-7H,8,16H2,1H3. The van der Waals surface area contributed by atoms with Crippen LogP contribution in [-0.2, 0) is 6.54 Å². The Hall–Kier alpha value is -1.62. The van der Waals surface area contributed by atoms with Crippen molar-refractivity contribution in [1.82, 2.24) is 4.98 Å². The Morgan fingerprint density at radius 1 is 1.44 bits per heavy atom. The molecule has 0 saturated carbocycles. The first-order valence-corrected chi connectivity index (χ1v) is 6.22. The van der Waals surface area contributed by atoms with Crippen molar-refractivity contribution in [1.29, 1.82) is 0 Å². The number of nitrogens with zero attached hydrogens (tertiary/aromatic N) is 2. The van der Waals surface area contributed by atoms with Gasteiger partial charge in [-0.25, -0.2) is 4.39 Å². The number of pyridine rings is 1. The zero-order valence-corrected chi connectivity index (χ0v) is 11.5. The largest absolute Gasteiger partial charge is 0.397 e. The molecule has 0 aliphatic rings. The number of hydrogen-bond donors (Lipinski definition) is 1. The fourth-order valence-electron chi connectivity index (χ4n) is 1.73. The molecular weight excluding hydrogens is 297 g/mol. The summed E-state index contributed by atoms with van der Waals surface area (Å²) in [6.45, 7) is 0.663. The van der Waals surface area contributed by atoms with Crippen LogP contribution in [0.5, 0.6) is 0 Å². The maximum atomic E-state index is 13.3. The number of nitrogens with two attached hydrogens (primary N) is 1. The van der Waals surface area contributed by atoms with E-state index in [1.807, 2.05) is 24.1 Å². The summed E-state index contributed by atoms with van der Waals surface area (Å²) in [5, 5.41) is 0. The predicted molar refractivity (Wildman–Crippen MR) is 74.9 cm³/mol. The van der Waals surface area contributed by atoms with Crippen molar-refractivity contribution in [3.05, 3.63) is 52.5 Å². The van der Waals surface area contributed by atoms with E-state index in [-0.39, 0.29) is 5.82 Å². The van der Waals surface area contributed by atoms with Crippen LogP contribution >= 0.6 is 15.9 Å². The van der Waals surface area contributed by atoms with Gasteiger partial charge in [0.15, 0.2) is 0 Å². The first-order valence-electron chi connectivity index (χ1n) is 5.42. The van der Waals surface area contributed by atoms with E-state index in [4.69, 9.17) is 5.73 Å². The van der Waals surface area contributed by atoms with E-state index in [9.17, 15) is 4.39 Å². The summed E-state index contributed by atoms with van der Waals surface area (Å²) in [5.41, 5.74) is 8.10. The van der Waals surface area contributed by atoms with Crippen molar-refractivity contribution in [2.24, 2.45) is 0 Å². The van der Waals surface area contributed by atoms with Crippen LogP contribution in [0.25, 0.3) is 0 Å². The SMILES string of the molecule is CN(Cc1cccnc1)c1cc(Br)c(F)cc1N.